The highest BCUT2D eigenvalue weighted by Gasteiger charge is 2.44. The Kier molecular flexibility index (Phi) is 7.10. The van der Waals surface area contributed by atoms with Crippen molar-refractivity contribution in [2.45, 2.75) is 39.2 Å². The molecule has 1 N–H and O–H groups in total. The molecule has 1 fully saturated rings. The van der Waals surface area contributed by atoms with E-state index >= 15 is 0 Å². The van der Waals surface area contributed by atoms with E-state index in [1.165, 1.54) is 4.68 Å². The fourth-order valence-electron chi connectivity index (χ4n) is 4.76. The van der Waals surface area contributed by atoms with Crippen LogP contribution in [0.4, 0.5) is 5.69 Å². The number of benzene rings is 2. The zero-order valence-electron chi connectivity index (χ0n) is 20.7. The van der Waals surface area contributed by atoms with Crippen molar-refractivity contribution in [3.63, 3.8) is 0 Å². The Hall–Kier alpha value is -3.81. The number of methoxy groups -OCH3 is 1. The number of anilines is 1. The van der Waals surface area contributed by atoms with Crippen molar-refractivity contribution in [3.8, 4) is 11.4 Å². The minimum Gasteiger partial charge on any atom is -0.497 e. The zero-order chi connectivity index (χ0) is 25.1. The Bertz CT molecular complexity index is 1260. The number of carbonyl (C=O) groups is 2. The number of likely N-dealkylation sites (tertiary alicyclic amines) is 1. The van der Waals surface area contributed by atoms with E-state index in [4.69, 9.17) is 4.74 Å². The number of para-hydroxylation sites is 1. The van der Waals surface area contributed by atoms with Crippen molar-refractivity contribution in [3.05, 3.63) is 76.2 Å². The average molecular weight is 477 g/mol. The van der Waals surface area contributed by atoms with Crippen LogP contribution in [0.1, 0.15) is 43.5 Å². The average Bonchev–Trinajstić information content (AvgIpc) is 3.31. The van der Waals surface area contributed by atoms with Gasteiger partial charge in [-0.2, -0.15) is 0 Å². The second-order valence-electron chi connectivity index (χ2n) is 8.90. The predicted molar refractivity (Wildman–Crippen MR) is 135 cm³/mol. The van der Waals surface area contributed by atoms with Gasteiger partial charge >= 0.3 is 0 Å². The first-order chi connectivity index (χ1) is 16.9. The van der Waals surface area contributed by atoms with E-state index in [0.717, 1.165) is 18.4 Å². The van der Waals surface area contributed by atoms with Crippen LogP contribution in [-0.4, -0.2) is 39.7 Å². The summed E-state index contributed by atoms with van der Waals surface area (Å²) in [4.78, 5) is 41.6. The van der Waals surface area contributed by atoms with E-state index < -0.39 is 12.0 Å². The molecule has 184 valence electrons. The molecule has 8 nitrogen and oxygen atoms in total. The highest BCUT2D eigenvalue weighted by Crippen LogP contribution is 2.39. The second kappa shape index (κ2) is 10.2. The third-order valence-electron chi connectivity index (χ3n) is 6.78. The summed E-state index contributed by atoms with van der Waals surface area (Å²) >= 11 is 0. The van der Waals surface area contributed by atoms with Crippen molar-refractivity contribution in [1.82, 2.24) is 14.3 Å². The molecule has 2 heterocycles. The fraction of sp³-hybridized carbons (Fsp3) is 0.370. The van der Waals surface area contributed by atoms with Crippen LogP contribution in [0.5, 0.6) is 5.75 Å². The van der Waals surface area contributed by atoms with Gasteiger partial charge in [0.2, 0.25) is 11.8 Å². The standard InChI is InChI=1S/C27H32N4O4/c1-5-6-16-30-23(32)17-22(25(30)19-12-14-21(35-4)15-13-19)26(33)28-24-18(2)29(3)31(27(24)34)20-10-8-7-9-11-20/h7-15,22,25H,5-6,16-17H2,1-4H3,(H,28,33)/t22-,25+/m0/s1. The maximum absolute atomic E-state index is 13.6. The Labute approximate surface area is 205 Å². The molecule has 3 aromatic rings. The van der Waals surface area contributed by atoms with Crippen LogP contribution in [-0.2, 0) is 16.6 Å². The summed E-state index contributed by atoms with van der Waals surface area (Å²) in [6.07, 6.45) is 1.90. The van der Waals surface area contributed by atoms with Gasteiger partial charge in [0.15, 0.2) is 0 Å². The number of nitrogens with zero attached hydrogens (tertiary/aromatic N) is 3. The van der Waals surface area contributed by atoms with E-state index in [2.05, 4.69) is 12.2 Å². The monoisotopic (exact) mass is 476 g/mol. The first-order valence-electron chi connectivity index (χ1n) is 12.0. The van der Waals surface area contributed by atoms with Gasteiger partial charge in [-0.1, -0.05) is 43.7 Å². The van der Waals surface area contributed by atoms with Crippen LogP contribution in [0.25, 0.3) is 5.69 Å². The van der Waals surface area contributed by atoms with E-state index in [9.17, 15) is 14.4 Å². The number of unbranched alkanes of at least 4 members (excludes halogenated alkanes) is 1. The van der Waals surface area contributed by atoms with Crippen LogP contribution in [0.3, 0.4) is 0 Å². The second-order valence-corrected chi connectivity index (χ2v) is 8.90. The van der Waals surface area contributed by atoms with Gasteiger partial charge in [0.1, 0.15) is 11.4 Å². The molecule has 4 rings (SSSR count). The first-order valence-corrected chi connectivity index (χ1v) is 12.0. The van der Waals surface area contributed by atoms with Crippen LogP contribution < -0.4 is 15.6 Å². The molecule has 1 aliphatic rings. The van der Waals surface area contributed by atoms with Gasteiger partial charge in [-0.15, -0.1) is 0 Å². The molecule has 0 unspecified atom stereocenters. The number of aromatic nitrogens is 2. The number of carbonyl (C=O) groups excluding carboxylic acids is 2. The normalized spacial score (nSPS) is 17.6. The summed E-state index contributed by atoms with van der Waals surface area (Å²) in [5, 5.41) is 2.87. The third kappa shape index (κ3) is 4.60. The van der Waals surface area contributed by atoms with Crippen LogP contribution in [0.15, 0.2) is 59.4 Å². The van der Waals surface area contributed by atoms with Crippen molar-refractivity contribution in [2.24, 2.45) is 13.0 Å². The molecule has 2 amide bonds. The van der Waals surface area contributed by atoms with Gasteiger partial charge in [0, 0.05) is 20.0 Å². The molecule has 8 heteroatoms. The first kappa shape index (κ1) is 24.3. The van der Waals surface area contributed by atoms with E-state index in [-0.39, 0.29) is 29.5 Å². The van der Waals surface area contributed by atoms with Crippen molar-refractivity contribution < 1.29 is 14.3 Å². The summed E-state index contributed by atoms with van der Waals surface area (Å²) in [7, 11) is 3.38. The number of hydrogen-bond acceptors (Lipinski definition) is 4. The predicted octanol–water partition coefficient (Wildman–Crippen LogP) is 3.82. The molecule has 0 bridgehead atoms. The number of hydrogen-bond donors (Lipinski definition) is 1. The fourth-order valence-corrected chi connectivity index (χ4v) is 4.76. The zero-order valence-corrected chi connectivity index (χ0v) is 20.7. The molecule has 0 aliphatic carbocycles. The molecule has 2 atom stereocenters. The Morgan fingerprint density at radius 3 is 2.40 bits per heavy atom. The smallest absolute Gasteiger partial charge is 0.295 e. The SMILES string of the molecule is CCCCN1C(=O)C[C@H](C(=O)Nc2c(C)n(C)n(-c3ccccc3)c2=O)[C@H]1c1ccc(OC)cc1. The summed E-state index contributed by atoms with van der Waals surface area (Å²) in [6.45, 7) is 4.45. The summed E-state index contributed by atoms with van der Waals surface area (Å²) in [5.74, 6) is -0.285. The highest BCUT2D eigenvalue weighted by molar-refractivity contribution is 5.98. The summed E-state index contributed by atoms with van der Waals surface area (Å²) in [5.41, 5.74) is 2.15. The van der Waals surface area contributed by atoms with Gasteiger partial charge in [-0.3, -0.25) is 19.1 Å². The molecule has 1 saturated heterocycles. The molecule has 0 spiro atoms. The maximum Gasteiger partial charge on any atom is 0.295 e. The van der Waals surface area contributed by atoms with Crippen molar-refractivity contribution in [1.29, 1.82) is 0 Å². The minimum absolute atomic E-state index is 0.0501. The third-order valence-corrected chi connectivity index (χ3v) is 6.78. The lowest BCUT2D eigenvalue weighted by Gasteiger charge is -2.28. The summed E-state index contributed by atoms with van der Waals surface area (Å²) in [6, 6.07) is 16.4. The van der Waals surface area contributed by atoms with Gasteiger partial charge in [-0.05, 0) is 43.2 Å². The van der Waals surface area contributed by atoms with E-state index in [1.54, 1.807) is 30.7 Å². The topological polar surface area (TPSA) is 85.6 Å². The van der Waals surface area contributed by atoms with Crippen LogP contribution in [0, 0.1) is 12.8 Å². The lowest BCUT2D eigenvalue weighted by Crippen LogP contribution is -2.34. The highest BCUT2D eigenvalue weighted by atomic mass is 16.5. The largest absolute Gasteiger partial charge is 0.497 e. The molecule has 35 heavy (non-hydrogen) atoms. The lowest BCUT2D eigenvalue weighted by molar-refractivity contribution is -0.129. The number of nitrogens with one attached hydrogen (secondary N) is 1. The Morgan fingerprint density at radius 2 is 1.77 bits per heavy atom. The van der Waals surface area contributed by atoms with Gasteiger partial charge in [0.25, 0.3) is 5.56 Å². The van der Waals surface area contributed by atoms with Crippen LogP contribution >= 0.6 is 0 Å². The maximum atomic E-state index is 13.6. The van der Waals surface area contributed by atoms with Crippen LogP contribution in [0.2, 0.25) is 0 Å². The van der Waals surface area contributed by atoms with E-state index in [1.807, 2.05) is 54.6 Å². The molecule has 1 aliphatic heterocycles. The van der Waals surface area contributed by atoms with Gasteiger partial charge < -0.3 is 15.0 Å². The minimum atomic E-state index is -0.614. The van der Waals surface area contributed by atoms with E-state index in [0.29, 0.717) is 23.7 Å². The number of ether oxygens (including phenoxy) is 1. The molecule has 2 aromatic carbocycles. The van der Waals surface area contributed by atoms with Crippen molar-refractivity contribution in [2.75, 3.05) is 19.0 Å². The Morgan fingerprint density at radius 1 is 1.09 bits per heavy atom. The summed E-state index contributed by atoms with van der Waals surface area (Å²) < 4.78 is 8.53. The Balaban J connectivity index is 1.67. The van der Waals surface area contributed by atoms with Gasteiger partial charge in [-0.25, -0.2) is 4.68 Å². The lowest BCUT2D eigenvalue weighted by atomic mass is 9.92. The molecule has 0 radical (unpaired) electrons. The van der Waals surface area contributed by atoms with Gasteiger partial charge in [0.05, 0.1) is 30.5 Å². The van der Waals surface area contributed by atoms with Crippen molar-refractivity contribution >= 4 is 17.5 Å². The molecule has 1 aromatic heterocycles. The number of rotatable bonds is 8. The molecular formula is C27H32N4O4. The quantitative estimate of drug-likeness (QED) is 0.536. The number of amides is 2. The molecule has 0 saturated carbocycles. The molecular weight excluding hydrogens is 444 g/mol.